The van der Waals surface area contributed by atoms with Crippen LogP contribution in [0.5, 0.6) is 0 Å². The van der Waals surface area contributed by atoms with Gasteiger partial charge in [-0.05, 0) is 36.9 Å². The van der Waals surface area contributed by atoms with Crippen molar-refractivity contribution in [1.82, 2.24) is 5.32 Å². The van der Waals surface area contributed by atoms with Gasteiger partial charge in [0, 0.05) is 0 Å². The second-order valence-corrected chi connectivity index (χ2v) is 14.3. The Kier molecular flexibility index (Phi) is 10.7. The van der Waals surface area contributed by atoms with E-state index in [1.165, 1.54) is 6.92 Å². The molecule has 0 radical (unpaired) electrons. The van der Waals surface area contributed by atoms with Gasteiger partial charge in [0.25, 0.3) is 8.32 Å². The largest absolute Gasteiger partial charge is 0.517 e. The lowest BCUT2D eigenvalue weighted by Crippen LogP contribution is -2.54. The van der Waals surface area contributed by atoms with Crippen molar-refractivity contribution < 1.29 is 33.0 Å². The fourth-order valence-corrected chi connectivity index (χ4v) is 2.67. The van der Waals surface area contributed by atoms with E-state index in [0.29, 0.717) is 0 Å². The van der Waals surface area contributed by atoms with Gasteiger partial charge in [0.15, 0.2) is 6.04 Å². The summed E-state index contributed by atoms with van der Waals surface area (Å²) < 4.78 is 21.1. The zero-order valence-corrected chi connectivity index (χ0v) is 20.6. The van der Waals surface area contributed by atoms with Crippen molar-refractivity contribution >= 4 is 26.5 Å². The lowest BCUT2D eigenvalue weighted by atomic mass is 10.2. The van der Waals surface area contributed by atoms with Crippen LogP contribution in [0.2, 0.25) is 18.1 Å². The zero-order valence-electron chi connectivity index (χ0n) is 19.6. The molecule has 0 aliphatic carbocycles. The molecule has 0 aromatic carbocycles. The number of hydrogen-bond donors (Lipinski definition) is 1. The molecule has 0 fully saturated rings. The minimum atomic E-state index is -2.45. The van der Waals surface area contributed by atoms with Gasteiger partial charge in [-0.1, -0.05) is 48.5 Å². The van der Waals surface area contributed by atoms with E-state index in [4.69, 9.17) is 18.6 Å². The van der Waals surface area contributed by atoms with Gasteiger partial charge >= 0.3 is 18.2 Å². The minimum absolute atomic E-state index is 0.137. The van der Waals surface area contributed by atoms with E-state index in [1.807, 2.05) is 61.6 Å². The molecule has 2 unspecified atom stereocenters. The standard InChI is InChI=1S/C20H39NO7Si/c1-13(2)11-25-18(23)21-16(15(5)27-19(24)26-12-14(3)4)17(22)28-29(9,10)20(6,7)8/h13-16H,11-12H2,1-10H3,(H,21,23). The smallest absolute Gasteiger partial charge is 0.508 e. The number of alkyl carbamates (subject to hydrolysis) is 1. The van der Waals surface area contributed by atoms with Crippen molar-refractivity contribution in [2.45, 2.75) is 85.7 Å². The topological polar surface area (TPSA) is 100 Å². The third kappa shape index (κ3) is 10.5. The van der Waals surface area contributed by atoms with E-state index >= 15 is 0 Å². The summed E-state index contributed by atoms with van der Waals surface area (Å²) in [6.45, 7) is 19.3. The molecule has 170 valence electrons. The predicted molar refractivity (Wildman–Crippen MR) is 113 cm³/mol. The molecule has 0 aliphatic rings. The number of ether oxygens (including phenoxy) is 3. The maximum Gasteiger partial charge on any atom is 0.508 e. The maximum absolute atomic E-state index is 12.9. The van der Waals surface area contributed by atoms with E-state index in [1.54, 1.807) is 0 Å². The van der Waals surface area contributed by atoms with Crippen LogP contribution < -0.4 is 5.32 Å². The molecular formula is C20H39NO7Si. The summed E-state index contributed by atoms with van der Waals surface area (Å²) in [4.78, 5) is 36.9. The van der Waals surface area contributed by atoms with Crippen molar-refractivity contribution in [3.63, 3.8) is 0 Å². The Morgan fingerprint density at radius 2 is 1.38 bits per heavy atom. The third-order valence-corrected chi connectivity index (χ3v) is 8.85. The van der Waals surface area contributed by atoms with Gasteiger partial charge in [-0.15, -0.1) is 0 Å². The number of amides is 1. The normalized spacial score (nSPS) is 14.2. The van der Waals surface area contributed by atoms with Crippen molar-refractivity contribution in [2.24, 2.45) is 11.8 Å². The second kappa shape index (κ2) is 11.4. The van der Waals surface area contributed by atoms with Crippen LogP contribution in [0.25, 0.3) is 0 Å². The predicted octanol–water partition coefficient (Wildman–Crippen LogP) is 4.48. The molecule has 0 spiro atoms. The molecule has 29 heavy (non-hydrogen) atoms. The first kappa shape index (κ1) is 27.2. The van der Waals surface area contributed by atoms with E-state index < -0.39 is 38.7 Å². The van der Waals surface area contributed by atoms with Gasteiger partial charge in [0.2, 0.25) is 0 Å². The van der Waals surface area contributed by atoms with Crippen molar-refractivity contribution in [3.05, 3.63) is 0 Å². The Balaban J connectivity index is 5.29. The maximum atomic E-state index is 12.9. The third-order valence-electron chi connectivity index (χ3n) is 4.52. The summed E-state index contributed by atoms with van der Waals surface area (Å²) >= 11 is 0. The molecule has 1 amide bonds. The molecule has 0 saturated carbocycles. The van der Waals surface area contributed by atoms with Gasteiger partial charge in [-0.2, -0.15) is 0 Å². The van der Waals surface area contributed by atoms with Gasteiger partial charge in [-0.3, -0.25) is 4.79 Å². The molecule has 0 aliphatic heterocycles. The first-order chi connectivity index (χ1) is 13.1. The van der Waals surface area contributed by atoms with Crippen molar-refractivity contribution in [2.75, 3.05) is 13.2 Å². The molecule has 1 N–H and O–H groups in total. The average molecular weight is 434 g/mol. The van der Waals surface area contributed by atoms with Crippen LogP contribution in [0.4, 0.5) is 9.59 Å². The Labute approximate surface area is 176 Å². The Bertz CT molecular complexity index is 556. The molecular weight excluding hydrogens is 394 g/mol. The van der Waals surface area contributed by atoms with E-state index in [0.717, 1.165) is 0 Å². The summed E-state index contributed by atoms with van der Waals surface area (Å²) in [6, 6.07) is -1.21. The highest BCUT2D eigenvalue weighted by Crippen LogP contribution is 2.36. The number of carbonyl (C=O) groups is 3. The van der Waals surface area contributed by atoms with Gasteiger partial charge < -0.3 is 24.0 Å². The molecule has 0 rings (SSSR count). The van der Waals surface area contributed by atoms with E-state index in [2.05, 4.69) is 5.32 Å². The molecule has 8 nitrogen and oxygen atoms in total. The van der Waals surface area contributed by atoms with E-state index in [-0.39, 0.29) is 30.1 Å². The first-order valence-electron chi connectivity index (χ1n) is 10.1. The van der Waals surface area contributed by atoms with Crippen LogP contribution in [-0.4, -0.2) is 51.9 Å². The zero-order chi connectivity index (χ0) is 23.0. The highest BCUT2D eigenvalue weighted by Gasteiger charge is 2.43. The summed E-state index contributed by atoms with van der Waals surface area (Å²) in [6.07, 6.45) is -2.69. The fraction of sp³-hybridized carbons (Fsp3) is 0.850. The van der Waals surface area contributed by atoms with Gasteiger partial charge in [0.05, 0.1) is 13.2 Å². The Morgan fingerprint density at radius 1 is 0.897 bits per heavy atom. The Morgan fingerprint density at radius 3 is 1.83 bits per heavy atom. The van der Waals surface area contributed by atoms with Crippen LogP contribution in [0, 0.1) is 11.8 Å². The van der Waals surface area contributed by atoms with E-state index in [9.17, 15) is 14.4 Å². The van der Waals surface area contributed by atoms with Crippen molar-refractivity contribution in [1.29, 1.82) is 0 Å². The van der Waals surface area contributed by atoms with Crippen LogP contribution in [0.3, 0.4) is 0 Å². The summed E-state index contributed by atoms with van der Waals surface area (Å²) in [5, 5.41) is 2.25. The monoisotopic (exact) mass is 433 g/mol. The molecule has 0 aromatic rings. The van der Waals surface area contributed by atoms with Crippen molar-refractivity contribution in [3.8, 4) is 0 Å². The number of carbonyl (C=O) groups excluding carboxylic acids is 3. The average Bonchev–Trinajstić information content (AvgIpc) is 2.54. The van der Waals surface area contributed by atoms with Crippen LogP contribution in [0.15, 0.2) is 0 Å². The van der Waals surface area contributed by atoms with Crippen LogP contribution in [-0.2, 0) is 23.4 Å². The lowest BCUT2D eigenvalue weighted by Gasteiger charge is -2.37. The molecule has 9 heteroatoms. The van der Waals surface area contributed by atoms with Gasteiger partial charge in [0.1, 0.15) is 6.10 Å². The van der Waals surface area contributed by atoms with Crippen LogP contribution in [0.1, 0.15) is 55.4 Å². The molecule has 0 aromatic heterocycles. The molecule has 0 heterocycles. The SMILES string of the molecule is CC(C)COC(=O)NC(C(=O)O[Si](C)(C)C(C)(C)C)C(C)OC(=O)OCC(C)C. The molecule has 0 bridgehead atoms. The summed E-state index contributed by atoms with van der Waals surface area (Å²) in [5.74, 6) is -0.387. The van der Waals surface area contributed by atoms with Crippen LogP contribution >= 0.6 is 0 Å². The molecule has 0 saturated heterocycles. The first-order valence-corrected chi connectivity index (χ1v) is 13.0. The Hall–Kier alpha value is -1.77. The number of rotatable bonds is 9. The highest BCUT2D eigenvalue weighted by molar-refractivity contribution is 6.75. The fourth-order valence-electron chi connectivity index (χ4n) is 1.74. The molecule has 2 atom stereocenters. The summed E-state index contributed by atoms with van der Waals surface area (Å²) in [7, 11) is -2.45. The van der Waals surface area contributed by atoms with Gasteiger partial charge in [-0.25, -0.2) is 9.59 Å². The highest BCUT2D eigenvalue weighted by atomic mass is 28.4. The lowest BCUT2D eigenvalue weighted by molar-refractivity contribution is -0.140. The number of nitrogens with one attached hydrogen (secondary N) is 1. The summed E-state index contributed by atoms with van der Waals surface area (Å²) in [5.41, 5.74) is 0. The number of hydrogen-bond acceptors (Lipinski definition) is 7. The minimum Gasteiger partial charge on any atom is -0.517 e. The second-order valence-electron chi connectivity index (χ2n) is 9.57. The quantitative estimate of drug-likeness (QED) is 0.422.